The number of hydrogen-bond donors (Lipinski definition) is 0. The average Bonchev–Trinajstić information content (AvgIpc) is 3.09. The molecule has 25 heavy (non-hydrogen) atoms. The van der Waals surface area contributed by atoms with Gasteiger partial charge in [-0.2, -0.15) is 0 Å². The van der Waals surface area contributed by atoms with E-state index in [1.54, 1.807) is 0 Å². The Hall–Kier alpha value is -2.46. The highest BCUT2D eigenvalue weighted by Gasteiger charge is 2.22. The molecule has 2 aromatic heterocycles. The Morgan fingerprint density at radius 2 is 1.96 bits per heavy atom. The highest BCUT2D eigenvalue weighted by Crippen LogP contribution is 2.27. The lowest BCUT2D eigenvalue weighted by molar-refractivity contribution is 0.198. The fourth-order valence-corrected chi connectivity index (χ4v) is 3.70. The number of aryl methyl sites for hydroxylation is 1. The third-order valence-corrected chi connectivity index (χ3v) is 5.00. The van der Waals surface area contributed by atoms with Crippen LogP contribution in [0.3, 0.4) is 0 Å². The molecular formula is C21H24N4. The van der Waals surface area contributed by atoms with Crippen molar-refractivity contribution in [2.24, 2.45) is 0 Å². The summed E-state index contributed by atoms with van der Waals surface area (Å²) in [5, 5.41) is 0. The van der Waals surface area contributed by atoms with E-state index in [4.69, 9.17) is 4.98 Å². The van der Waals surface area contributed by atoms with Gasteiger partial charge in [0.1, 0.15) is 11.6 Å². The first-order valence-electron chi connectivity index (χ1n) is 9.03. The summed E-state index contributed by atoms with van der Waals surface area (Å²) >= 11 is 0. The highest BCUT2D eigenvalue weighted by molar-refractivity contribution is 5.28. The Labute approximate surface area is 149 Å². The summed E-state index contributed by atoms with van der Waals surface area (Å²) in [5.74, 6) is 2.44. The first-order chi connectivity index (χ1) is 12.3. The molecule has 4 rings (SSSR count). The molecule has 0 N–H and O–H groups in total. The van der Waals surface area contributed by atoms with Gasteiger partial charge in [0.05, 0.1) is 0 Å². The number of piperidine rings is 1. The van der Waals surface area contributed by atoms with Crippen LogP contribution in [0.4, 0.5) is 0 Å². The minimum Gasteiger partial charge on any atom is -0.298 e. The molecule has 0 saturated carbocycles. The SMILES string of the molecule is Cc1nccn1-c1cccc([C@H]2CCCN(Cc3ccccc3)C2)n1. The summed E-state index contributed by atoms with van der Waals surface area (Å²) in [6, 6.07) is 17.1. The molecule has 1 fully saturated rings. The van der Waals surface area contributed by atoms with Gasteiger partial charge in [-0.3, -0.25) is 9.47 Å². The topological polar surface area (TPSA) is 34.0 Å². The van der Waals surface area contributed by atoms with Gasteiger partial charge in [-0.25, -0.2) is 9.97 Å². The van der Waals surface area contributed by atoms with E-state index in [1.165, 1.54) is 30.6 Å². The Kier molecular flexibility index (Phi) is 4.61. The van der Waals surface area contributed by atoms with Crippen LogP contribution in [0.15, 0.2) is 60.9 Å². The van der Waals surface area contributed by atoms with E-state index in [0.717, 1.165) is 24.7 Å². The molecule has 0 bridgehead atoms. The lowest BCUT2D eigenvalue weighted by Crippen LogP contribution is -2.34. The molecule has 1 aliphatic rings. The van der Waals surface area contributed by atoms with Gasteiger partial charge in [0.2, 0.25) is 0 Å². The second-order valence-electron chi connectivity index (χ2n) is 6.82. The molecule has 3 aromatic rings. The second kappa shape index (κ2) is 7.19. The van der Waals surface area contributed by atoms with Gasteiger partial charge >= 0.3 is 0 Å². The smallest absolute Gasteiger partial charge is 0.138 e. The number of benzene rings is 1. The third kappa shape index (κ3) is 3.64. The van der Waals surface area contributed by atoms with E-state index in [2.05, 4.69) is 58.4 Å². The summed E-state index contributed by atoms with van der Waals surface area (Å²) in [6.07, 6.45) is 6.24. The van der Waals surface area contributed by atoms with Crippen molar-refractivity contribution in [1.29, 1.82) is 0 Å². The standard InChI is InChI=1S/C21H24N4/c1-17-22-12-14-25(17)21-11-5-10-20(23-21)19-9-6-13-24(16-19)15-18-7-3-2-4-8-18/h2-5,7-8,10-12,14,19H,6,9,13,15-16H2,1H3/t19-/m0/s1. The first kappa shape index (κ1) is 16.0. The molecule has 0 amide bonds. The van der Waals surface area contributed by atoms with Crippen molar-refractivity contribution < 1.29 is 0 Å². The molecule has 1 aromatic carbocycles. The van der Waals surface area contributed by atoms with Gasteiger partial charge in [0.15, 0.2) is 0 Å². The van der Waals surface area contributed by atoms with Crippen molar-refractivity contribution >= 4 is 0 Å². The molecule has 128 valence electrons. The van der Waals surface area contributed by atoms with Crippen molar-refractivity contribution in [1.82, 2.24) is 19.4 Å². The molecule has 0 spiro atoms. The largest absolute Gasteiger partial charge is 0.298 e. The van der Waals surface area contributed by atoms with Crippen molar-refractivity contribution in [3.05, 3.63) is 78.0 Å². The van der Waals surface area contributed by atoms with Crippen LogP contribution in [0, 0.1) is 6.92 Å². The summed E-state index contributed by atoms with van der Waals surface area (Å²) in [4.78, 5) is 11.8. The van der Waals surface area contributed by atoms with Crippen LogP contribution < -0.4 is 0 Å². The Morgan fingerprint density at radius 3 is 2.76 bits per heavy atom. The van der Waals surface area contributed by atoms with Crippen LogP contribution in [0.2, 0.25) is 0 Å². The zero-order valence-electron chi connectivity index (χ0n) is 14.7. The number of hydrogen-bond acceptors (Lipinski definition) is 3. The molecule has 4 heteroatoms. The minimum absolute atomic E-state index is 0.501. The monoisotopic (exact) mass is 332 g/mol. The van der Waals surface area contributed by atoms with Gasteiger partial charge in [-0.15, -0.1) is 0 Å². The normalized spacial score (nSPS) is 18.4. The van der Waals surface area contributed by atoms with E-state index in [9.17, 15) is 0 Å². The van der Waals surface area contributed by atoms with Gasteiger partial charge in [-0.05, 0) is 44.0 Å². The van der Waals surface area contributed by atoms with Crippen LogP contribution >= 0.6 is 0 Å². The van der Waals surface area contributed by atoms with E-state index < -0.39 is 0 Å². The molecular weight excluding hydrogens is 308 g/mol. The number of likely N-dealkylation sites (tertiary alicyclic amines) is 1. The maximum Gasteiger partial charge on any atom is 0.138 e. The van der Waals surface area contributed by atoms with Crippen molar-refractivity contribution in [2.75, 3.05) is 13.1 Å². The maximum absolute atomic E-state index is 4.94. The number of imidazole rings is 1. The van der Waals surface area contributed by atoms with Crippen molar-refractivity contribution in [3.63, 3.8) is 0 Å². The van der Waals surface area contributed by atoms with E-state index in [-0.39, 0.29) is 0 Å². The van der Waals surface area contributed by atoms with E-state index in [1.807, 2.05) is 23.9 Å². The summed E-state index contributed by atoms with van der Waals surface area (Å²) < 4.78 is 2.05. The average molecular weight is 332 g/mol. The van der Waals surface area contributed by atoms with Gasteiger partial charge < -0.3 is 0 Å². The zero-order chi connectivity index (χ0) is 17.1. The summed E-state index contributed by atoms with van der Waals surface area (Å²) in [7, 11) is 0. The molecule has 0 aliphatic carbocycles. The Balaban J connectivity index is 1.51. The number of rotatable bonds is 4. The second-order valence-corrected chi connectivity index (χ2v) is 6.82. The Morgan fingerprint density at radius 1 is 1.08 bits per heavy atom. The lowest BCUT2D eigenvalue weighted by Gasteiger charge is -2.32. The van der Waals surface area contributed by atoms with E-state index in [0.29, 0.717) is 5.92 Å². The molecule has 3 heterocycles. The molecule has 0 radical (unpaired) electrons. The fourth-order valence-electron chi connectivity index (χ4n) is 3.70. The van der Waals surface area contributed by atoms with Gasteiger partial charge in [0, 0.05) is 37.1 Å². The predicted molar refractivity (Wildman–Crippen MR) is 99.8 cm³/mol. The summed E-state index contributed by atoms with van der Waals surface area (Å²) in [5.41, 5.74) is 2.59. The number of aromatic nitrogens is 3. The van der Waals surface area contributed by atoms with Crippen LogP contribution in [0.1, 0.15) is 35.8 Å². The first-order valence-corrected chi connectivity index (χ1v) is 9.03. The maximum atomic E-state index is 4.94. The third-order valence-electron chi connectivity index (χ3n) is 5.00. The predicted octanol–water partition coefficient (Wildman–Crippen LogP) is 3.96. The Bertz CT molecular complexity index is 825. The van der Waals surface area contributed by atoms with Gasteiger partial charge in [-0.1, -0.05) is 36.4 Å². The quantitative estimate of drug-likeness (QED) is 0.725. The number of pyridine rings is 1. The zero-order valence-corrected chi connectivity index (χ0v) is 14.7. The molecule has 1 atom stereocenters. The van der Waals surface area contributed by atoms with Crippen molar-refractivity contribution in [3.8, 4) is 5.82 Å². The van der Waals surface area contributed by atoms with Crippen LogP contribution in [-0.4, -0.2) is 32.5 Å². The number of nitrogens with zero attached hydrogens (tertiary/aromatic N) is 4. The van der Waals surface area contributed by atoms with Crippen LogP contribution in [-0.2, 0) is 6.54 Å². The van der Waals surface area contributed by atoms with Crippen molar-refractivity contribution in [2.45, 2.75) is 32.2 Å². The molecule has 0 unspecified atom stereocenters. The fraction of sp³-hybridized carbons (Fsp3) is 0.333. The van der Waals surface area contributed by atoms with E-state index >= 15 is 0 Å². The summed E-state index contributed by atoms with van der Waals surface area (Å²) in [6.45, 7) is 5.29. The van der Waals surface area contributed by atoms with Gasteiger partial charge in [0.25, 0.3) is 0 Å². The highest BCUT2D eigenvalue weighted by atomic mass is 15.1. The lowest BCUT2D eigenvalue weighted by atomic mass is 9.94. The molecule has 1 saturated heterocycles. The van der Waals surface area contributed by atoms with Crippen LogP contribution in [0.5, 0.6) is 0 Å². The minimum atomic E-state index is 0.501. The van der Waals surface area contributed by atoms with Crippen LogP contribution in [0.25, 0.3) is 5.82 Å². The molecule has 4 nitrogen and oxygen atoms in total. The molecule has 1 aliphatic heterocycles.